The van der Waals surface area contributed by atoms with Crippen LogP contribution < -0.4 is 4.74 Å². The number of aromatic carboxylic acids is 1. The number of benzene rings is 3. The third kappa shape index (κ3) is 4.99. The number of ether oxygens (including phenoxy) is 1. The zero-order valence-electron chi connectivity index (χ0n) is 15.6. The summed E-state index contributed by atoms with van der Waals surface area (Å²) in [5, 5.41) is 9.57. The van der Waals surface area contributed by atoms with Gasteiger partial charge in [0.1, 0.15) is 12.4 Å². The van der Waals surface area contributed by atoms with Crippen LogP contribution in [0.4, 0.5) is 5.69 Å². The molecule has 0 amide bonds. The Labute approximate surface area is 169 Å². The van der Waals surface area contributed by atoms with Crippen molar-refractivity contribution in [2.24, 2.45) is 4.99 Å². The lowest BCUT2D eigenvalue weighted by Crippen LogP contribution is -2.00. The lowest BCUT2D eigenvalue weighted by molar-refractivity contribution is 0.0697. The lowest BCUT2D eigenvalue weighted by Gasteiger charge is -2.10. The van der Waals surface area contributed by atoms with Crippen LogP contribution >= 0.6 is 11.6 Å². The van der Waals surface area contributed by atoms with Crippen molar-refractivity contribution >= 4 is 29.5 Å². The van der Waals surface area contributed by atoms with Crippen LogP contribution in [0.1, 0.15) is 32.6 Å². The Bertz CT molecular complexity index is 1030. The summed E-state index contributed by atoms with van der Waals surface area (Å²) in [5.74, 6) is -0.297. The zero-order chi connectivity index (χ0) is 20.1. The number of hydrogen-bond donors (Lipinski definition) is 1. The molecule has 0 radical (unpaired) electrons. The van der Waals surface area contributed by atoms with E-state index in [2.05, 4.69) is 18.8 Å². The molecule has 0 heterocycles. The molecule has 1 N–H and O–H groups in total. The molecule has 0 unspecified atom stereocenters. The van der Waals surface area contributed by atoms with E-state index in [0.717, 1.165) is 16.8 Å². The molecule has 0 aliphatic rings. The smallest absolute Gasteiger partial charge is 0.335 e. The molecule has 28 heavy (non-hydrogen) atoms. The van der Waals surface area contributed by atoms with Gasteiger partial charge in [-0.3, -0.25) is 4.99 Å². The maximum atomic E-state index is 10.9. The largest absolute Gasteiger partial charge is 0.488 e. The SMILES string of the molecule is Cc1ccc(N=Cc2cc(Cl)ccc2OCc2ccc(C(=O)O)cc2)cc1C. The normalized spacial score (nSPS) is 11.0. The number of halogens is 1. The number of nitrogens with zero attached hydrogens (tertiary/aromatic N) is 1. The van der Waals surface area contributed by atoms with E-state index in [-0.39, 0.29) is 5.56 Å². The average Bonchev–Trinajstić information content (AvgIpc) is 2.68. The summed E-state index contributed by atoms with van der Waals surface area (Å²) in [5.41, 5.74) is 5.15. The van der Waals surface area contributed by atoms with Crippen molar-refractivity contribution in [3.8, 4) is 5.75 Å². The van der Waals surface area contributed by atoms with E-state index in [4.69, 9.17) is 21.4 Å². The van der Waals surface area contributed by atoms with Crippen molar-refractivity contribution in [1.29, 1.82) is 0 Å². The van der Waals surface area contributed by atoms with E-state index in [1.807, 2.05) is 18.2 Å². The van der Waals surface area contributed by atoms with Crippen LogP contribution in [0.15, 0.2) is 65.7 Å². The summed E-state index contributed by atoms with van der Waals surface area (Å²) in [6.45, 7) is 4.43. The number of carboxylic acids is 1. The minimum Gasteiger partial charge on any atom is -0.488 e. The summed E-state index contributed by atoms with van der Waals surface area (Å²) in [6, 6.07) is 18.0. The summed E-state index contributed by atoms with van der Waals surface area (Å²) in [7, 11) is 0. The van der Waals surface area contributed by atoms with Gasteiger partial charge in [0.05, 0.1) is 11.3 Å². The highest BCUT2D eigenvalue weighted by Crippen LogP contribution is 2.24. The number of carboxylic acid groups (broad SMARTS) is 1. The molecule has 3 aromatic rings. The Morgan fingerprint density at radius 3 is 2.46 bits per heavy atom. The monoisotopic (exact) mass is 393 g/mol. The highest BCUT2D eigenvalue weighted by Gasteiger charge is 2.06. The van der Waals surface area contributed by atoms with Gasteiger partial charge in [0, 0.05) is 16.8 Å². The Morgan fingerprint density at radius 1 is 1.04 bits per heavy atom. The summed E-state index contributed by atoms with van der Waals surface area (Å²) in [6.07, 6.45) is 1.73. The topological polar surface area (TPSA) is 58.9 Å². The van der Waals surface area contributed by atoms with E-state index >= 15 is 0 Å². The van der Waals surface area contributed by atoms with Crippen molar-refractivity contribution in [2.75, 3.05) is 0 Å². The Hall–Kier alpha value is -3.11. The van der Waals surface area contributed by atoms with Crippen molar-refractivity contribution in [3.05, 3.63) is 93.5 Å². The third-order valence-corrected chi connectivity index (χ3v) is 4.65. The highest BCUT2D eigenvalue weighted by atomic mass is 35.5. The number of hydrogen-bond acceptors (Lipinski definition) is 3. The van der Waals surface area contributed by atoms with E-state index < -0.39 is 5.97 Å². The van der Waals surface area contributed by atoms with Crippen LogP contribution in [-0.2, 0) is 6.61 Å². The fourth-order valence-corrected chi connectivity index (χ4v) is 2.79. The second-order valence-electron chi connectivity index (χ2n) is 6.50. The molecule has 0 spiro atoms. The van der Waals surface area contributed by atoms with Gasteiger partial charge in [-0.2, -0.15) is 0 Å². The van der Waals surface area contributed by atoms with E-state index in [0.29, 0.717) is 17.4 Å². The first-order valence-electron chi connectivity index (χ1n) is 8.78. The molecule has 0 fully saturated rings. The second kappa shape index (κ2) is 8.72. The maximum Gasteiger partial charge on any atom is 0.335 e. The molecule has 3 rings (SSSR count). The van der Waals surface area contributed by atoms with Gasteiger partial charge in [-0.1, -0.05) is 29.8 Å². The van der Waals surface area contributed by atoms with Crippen LogP contribution in [0.2, 0.25) is 5.02 Å². The van der Waals surface area contributed by atoms with Crippen molar-refractivity contribution in [2.45, 2.75) is 20.5 Å². The molecule has 3 aromatic carbocycles. The molecule has 0 atom stereocenters. The fraction of sp³-hybridized carbons (Fsp3) is 0.130. The van der Waals surface area contributed by atoms with E-state index in [9.17, 15) is 4.79 Å². The molecule has 0 saturated heterocycles. The maximum absolute atomic E-state index is 10.9. The average molecular weight is 394 g/mol. The second-order valence-corrected chi connectivity index (χ2v) is 6.94. The van der Waals surface area contributed by atoms with E-state index in [1.54, 1.807) is 48.7 Å². The van der Waals surface area contributed by atoms with Crippen LogP contribution in [0.5, 0.6) is 5.75 Å². The van der Waals surface area contributed by atoms with Crippen LogP contribution in [0.3, 0.4) is 0 Å². The Kier molecular flexibility index (Phi) is 6.12. The van der Waals surface area contributed by atoms with Crippen molar-refractivity contribution in [1.82, 2.24) is 0 Å². The summed E-state index contributed by atoms with van der Waals surface area (Å²) < 4.78 is 5.91. The Balaban J connectivity index is 1.77. The predicted molar refractivity (Wildman–Crippen MR) is 112 cm³/mol. The number of aryl methyl sites for hydroxylation is 2. The first-order valence-corrected chi connectivity index (χ1v) is 9.16. The molecule has 5 heteroatoms. The lowest BCUT2D eigenvalue weighted by atomic mass is 10.1. The molecule has 0 aliphatic carbocycles. The number of rotatable bonds is 6. The third-order valence-electron chi connectivity index (χ3n) is 4.41. The van der Waals surface area contributed by atoms with Crippen molar-refractivity contribution < 1.29 is 14.6 Å². The van der Waals surface area contributed by atoms with Crippen molar-refractivity contribution in [3.63, 3.8) is 0 Å². The van der Waals surface area contributed by atoms with E-state index in [1.165, 1.54) is 11.1 Å². The molecule has 142 valence electrons. The standard InChI is InChI=1S/C23H20ClNO3/c1-15-3-9-21(11-16(15)2)25-13-19-12-20(24)8-10-22(19)28-14-17-4-6-18(7-5-17)23(26)27/h3-13H,14H2,1-2H3,(H,26,27). The number of carbonyl (C=O) groups is 1. The fourth-order valence-electron chi connectivity index (χ4n) is 2.61. The van der Waals surface area contributed by atoms with Gasteiger partial charge in [0.15, 0.2) is 0 Å². The van der Waals surface area contributed by atoms with Gasteiger partial charge in [-0.25, -0.2) is 4.79 Å². The zero-order valence-corrected chi connectivity index (χ0v) is 16.4. The predicted octanol–water partition coefficient (Wildman–Crippen LogP) is 5.98. The minimum atomic E-state index is -0.949. The van der Waals surface area contributed by atoms with Gasteiger partial charge < -0.3 is 9.84 Å². The molecule has 4 nitrogen and oxygen atoms in total. The Morgan fingerprint density at radius 2 is 1.79 bits per heavy atom. The quantitative estimate of drug-likeness (QED) is 0.523. The van der Waals surface area contributed by atoms with Gasteiger partial charge in [0.25, 0.3) is 0 Å². The van der Waals surface area contributed by atoms with Gasteiger partial charge in [-0.05, 0) is 73.0 Å². The molecule has 0 aromatic heterocycles. The van der Waals surface area contributed by atoms with Gasteiger partial charge in [-0.15, -0.1) is 0 Å². The highest BCUT2D eigenvalue weighted by molar-refractivity contribution is 6.30. The minimum absolute atomic E-state index is 0.247. The summed E-state index contributed by atoms with van der Waals surface area (Å²) in [4.78, 5) is 15.5. The molecule has 0 saturated carbocycles. The molecular formula is C23H20ClNO3. The van der Waals surface area contributed by atoms with Crippen LogP contribution in [0, 0.1) is 13.8 Å². The van der Waals surface area contributed by atoms with Crippen LogP contribution in [0.25, 0.3) is 0 Å². The van der Waals surface area contributed by atoms with Gasteiger partial charge in [0.2, 0.25) is 0 Å². The number of aliphatic imine (C=N–C) groups is 1. The first kappa shape index (κ1) is 19.6. The summed E-state index contributed by atoms with van der Waals surface area (Å²) >= 11 is 6.14. The van der Waals surface area contributed by atoms with Crippen LogP contribution in [-0.4, -0.2) is 17.3 Å². The first-order chi connectivity index (χ1) is 13.4. The molecule has 0 bridgehead atoms. The molecule has 0 aliphatic heterocycles. The van der Waals surface area contributed by atoms with Gasteiger partial charge >= 0.3 is 5.97 Å². The molecular weight excluding hydrogens is 374 g/mol.